The van der Waals surface area contributed by atoms with E-state index in [-0.39, 0.29) is 0 Å². The maximum absolute atomic E-state index is 5.80. The van der Waals surface area contributed by atoms with Crippen molar-refractivity contribution in [2.45, 2.75) is 32.2 Å². The van der Waals surface area contributed by atoms with Gasteiger partial charge in [-0.15, -0.1) is 0 Å². The highest BCUT2D eigenvalue weighted by atomic mass is 32.1. The molecule has 19 heavy (non-hydrogen) atoms. The first-order valence-electron chi connectivity index (χ1n) is 6.98. The summed E-state index contributed by atoms with van der Waals surface area (Å²) in [6.07, 6.45) is 3.76. The highest BCUT2D eigenvalue weighted by Crippen LogP contribution is 2.26. The van der Waals surface area contributed by atoms with Gasteiger partial charge in [0.2, 0.25) is 0 Å². The van der Waals surface area contributed by atoms with E-state index in [1.165, 1.54) is 12.8 Å². The van der Waals surface area contributed by atoms with E-state index < -0.39 is 0 Å². The maximum Gasteiger partial charge on any atom is 0.129 e. The van der Waals surface area contributed by atoms with Gasteiger partial charge in [0.15, 0.2) is 0 Å². The fourth-order valence-corrected chi connectivity index (χ4v) is 2.45. The van der Waals surface area contributed by atoms with Crippen LogP contribution in [0.25, 0.3) is 0 Å². The minimum atomic E-state index is 0.392. The van der Waals surface area contributed by atoms with Gasteiger partial charge >= 0.3 is 0 Å². The molecule has 1 fully saturated rings. The Morgan fingerprint density at radius 2 is 2.16 bits per heavy atom. The number of para-hydroxylation sites is 1. The second-order valence-electron chi connectivity index (χ2n) is 4.92. The van der Waals surface area contributed by atoms with Crippen molar-refractivity contribution in [2.75, 3.05) is 19.7 Å². The van der Waals surface area contributed by atoms with Gasteiger partial charge in [-0.05, 0) is 37.9 Å². The van der Waals surface area contributed by atoms with Gasteiger partial charge in [0, 0.05) is 12.6 Å². The average molecular weight is 278 g/mol. The van der Waals surface area contributed by atoms with E-state index >= 15 is 0 Å². The minimum absolute atomic E-state index is 0.392. The molecule has 2 rings (SSSR count). The number of hydrogen-bond acceptors (Lipinski definition) is 3. The number of ether oxygens (including phenoxy) is 1. The molecule has 1 aliphatic rings. The van der Waals surface area contributed by atoms with Crippen molar-refractivity contribution in [3.63, 3.8) is 0 Å². The topological polar surface area (TPSA) is 38.5 Å². The standard InChI is InChI=1S/C15H22N2OS/c1-2-17(12-8-9-12)10-5-11-18-14-7-4-3-6-13(14)15(16)19/h3-4,6-7,12H,2,5,8-11H2,1H3,(H2,16,19). The quantitative estimate of drug-likeness (QED) is 0.586. The predicted octanol–water partition coefficient (Wildman–Crippen LogP) is 2.57. The lowest BCUT2D eigenvalue weighted by Gasteiger charge is -2.19. The lowest BCUT2D eigenvalue weighted by Crippen LogP contribution is -2.27. The Bertz CT molecular complexity index is 432. The fraction of sp³-hybridized carbons (Fsp3) is 0.533. The molecule has 2 N–H and O–H groups in total. The van der Waals surface area contributed by atoms with Crippen molar-refractivity contribution >= 4 is 17.2 Å². The molecule has 1 saturated carbocycles. The Morgan fingerprint density at radius 3 is 2.79 bits per heavy atom. The highest BCUT2D eigenvalue weighted by Gasteiger charge is 2.27. The first kappa shape index (κ1) is 14.3. The fourth-order valence-electron chi connectivity index (χ4n) is 2.28. The summed E-state index contributed by atoms with van der Waals surface area (Å²) < 4.78 is 5.80. The molecule has 0 aromatic heterocycles. The average Bonchev–Trinajstić information content (AvgIpc) is 3.23. The van der Waals surface area contributed by atoms with Crippen LogP contribution in [0.2, 0.25) is 0 Å². The summed E-state index contributed by atoms with van der Waals surface area (Å²) in [5.74, 6) is 0.796. The van der Waals surface area contributed by atoms with Gasteiger partial charge in [-0.25, -0.2) is 0 Å². The molecule has 0 heterocycles. The predicted molar refractivity (Wildman–Crippen MR) is 82.7 cm³/mol. The van der Waals surface area contributed by atoms with Crippen LogP contribution in [0.5, 0.6) is 5.75 Å². The molecule has 4 heteroatoms. The van der Waals surface area contributed by atoms with Crippen LogP contribution in [-0.2, 0) is 0 Å². The third-order valence-corrected chi connectivity index (χ3v) is 3.69. The number of nitrogens with zero attached hydrogens (tertiary/aromatic N) is 1. The Labute approximate surface area is 120 Å². The molecule has 1 aromatic carbocycles. The third-order valence-electron chi connectivity index (χ3n) is 3.47. The van der Waals surface area contributed by atoms with Crippen molar-refractivity contribution in [2.24, 2.45) is 5.73 Å². The van der Waals surface area contributed by atoms with Crippen molar-refractivity contribution in [1.82, 2.24) is 4.90 Å². The molecule has 0 radical (unpaired) electrons. The van der Waals surface area contributed by atoms with Gasteiger partial charge in [0.25, 0.3) is 0 Å². The molecule has 0 saturated heterocycles. The first-order valence-corrected chi connectivity index (χ1v) is 7.39. The molecule has 0 amide bonds. The summed E-state index contributed by atoms with van der Waals surface area (Å²) in [4.78, 5) is 2.92. The monoisotopic (exact) mass is 278 g/mol. The summed E-state index contributed by atoms with van der Waals surface area (Å²) in [6, 6.07) is 8.52. The van der Waals surface area contributed by atoms with E-state index in [1.807, 2.05) is 24.3 Å². The second-order valence-corrected chi connectivity index (χ2v) is 5.36. The zero-order chi connectivity index (χ0) is 13.7. The van der Waals surface area contributed by atoms with Gasteiger partial charge < -0.3 is 15.4 Å². The first-order chi connectivity index (χ1) is 9.22. The van der Waals surface area contributed by atoms with Crippen LogP contribution >= 0.6 is 12.2 Å². The lowest BCUT2D eigenvalue weighted by atomic mass is 10.2. The molecule has 0 bridgehead atoms. The Morgan fingerprint density at radius 1 is 1.42 bits per heavy atom. The Kier molecular flexibility index (Phi) is 5.16. The highest BCUT2D eigenvalue weighted by molar-refractivity contribution is 7.80. The molecule has 0 unspecified atom stereocenters. The largest absolute Gasteiger partial charge is 0.493 e. The van der Waals surface area contributed by atoms with Gasteiger partial charge in [-0.1, -0.05) is 31.3 Å². The van der Waals surface area contributed by atoms with Crippen LogP contribution in [0.1, 0.15) is 31.7 Å². The van der Waals surface area contributed by atoms with Gasteiger partial charge in [-0.3, -0.25) is 0 Å². The Balaban J connectivity index is 1.77. The minimum Gasteiger partial charge on any atom is -0.493 e. The Hall–Kier alpha value is -1.13. The molecule has 1 aromatic rings. The summed E-state index contributed by atoms with van der Waals surface area (Å²) in [6.45, 7) is 5.18. The molecule has 104 valence electrons. The van der Waals surface area contributed by atoms with Crippen LogP contribution in [0.4, 0.5) is 0 Å². The summed E-state index contributed by atoms with van der Waals surface area (Å²) in [5.41, 5.74) is 6.51. The van der Waals surface area contributed by atoms with E-state index in [2.05, 4.69) is 11.8 Å². The van der Waals surface area contributed by atoms with Gasteiger partial charge in [-0.2, -0.15) is 0 Å². The molecule has 0 spiro atoms. The zero-order valence-electron chi connectivity index (χ0n) is 11.5. The summed E-state index contributed by atoms with van der Waals surface area (Å²) >= 11 is 5.02. The zero-order valence-corrected chi connectivity index (χ0v) is 12.3. The molecule has 1 aliphatic carbocycles. The molecule has 0 atom stereocenters. The van der Waals surface area contributed by atoms with Crippen molar-refractivity contribution < 1.29 is 4.74 Å². The number of hydrogen-bond donors (Lipinski definition) is 1. The molecular formula is C15H22N2OS. The van der Waals surface area contributed by atoms with Crippen molar-refractivity contribution in [3.8, 4) is 5.75 Å². The maximum atomic E-state index is 5.80. The smallest absolute Gasteiger partial charge is 0.129 e. The lowest BCUT2D eigenvalue weighted by molar-refractivity contribution is 0.235. The third kappa shape index (κ3) is 4.18. The molecule has 0 aliphatic heterocycles. The van der Waals surface area contributed by atoms with E-state index in [0.29, 0.717) is 11.6 Å². The normalized spacial score (nSPS) is 14.6. The van der Waals surface area contributed by atoms with E-state index in [0.717, 1.165) is 36.9 Å². The van der Waals surface area contributed by atoms with Crippen LogP contribution < -0.4 is 10.5 Å². The summed E-state index contributed by atoms with van der Waals surface area (Å²) in [7, 11) is 0. The van der Waals surface area contributed by atoms with E-state index in [4.69, 9.17) is 22.7 Å². The van der Waals surface area contributed by atoms with E-state index in [1.54, 1.807) is 0 Å². The van der Waals surface area contributed by atoms with Gasteiger partial charge in [0.05, 0.1) is 12.2 Å². The second kappa shape index (κ2) is 6.87. The summed E-state index contributed by atoms with van der Waals surface area (Å²) in [5, 5.41) is 0. The number of nitrogens with two attached hydrogens (primary N) is 1. The number of benzene rings is 1. The number of rotatable bonds is 8. The molecule has 3 nitrogen and oxygen atoms in total. The van der Waals surface area contributed by atoms with E-state index in [9.17, 15) is 0 Å². The number of thiocarbonyl (C=S) groups is 1. The van der Waals surface area contributed by atoms with Crippen molar-refractivity contribution in [1.29, 1.82) is 0 Å². The SMILES string of the molecule is CCN(CCCOc1ccccc1C(N)=S)C1CC1. The molecular weight excluding hydrogens is 256 g/mol. The van der Waals surface area contributed by atoms with Crippen LogP contribution in [0.3, 0.4) is 0 Å². The van der Waals surface area contributed by atoms with Crippen LogP contribution in [0, 0.1) is 0 Å². The van der Waals surface area contributed by atoms with Crippen molar-refractivity contribution in [3.05, 3.63) is 29.8 Å². The van der Waals surface area contributed by atoms with Gasteiger partial charge in [0.1, 0.15) is 10.7 Å². The van der Waals surface area contributed by atoms with Crippen LogP contribution in [0.15, 0.2) is 24.3 Å². The van der Waals surface area contributed by atoms with Crippen LogP contribution in [-0.4, -0.2) is 35.6 Å².